The van der Waals surface area contributed by atoms with E-state index in [9.17, 15) is 4.79 Å². The molecule has 2 fully saturated rings. The lowest BCUT2D eigenvalue weighted by atomic mass is 10.0. The van der Waals surface area contributed by atoms with Crippen molar-refractivity contribution in [2.24, 2.45) is 0 Å². The Morgan fingerprint density at radius 1 is 1.18 bits per heavy atom. The van der Waals surface area contributed by atoms with E-state index in [0.29, 0.717) is 12.6 Å². The Balaban J connectivity index is 1.95. The van der Waals surface area contributed by atoms with Crippen LogP contribution < -0.4 is 5.32 Å². The van der Waals surface area contributed by atoms with Crippen LogP contribution in [0.4, 0.5) is 0 Å². The lowest BCUT2D eigenvalue weighted by Gasteiger charge is -2.33. The molecule has 1 heterocycles. The van der Waals surface area contributed by atoms with Crippen molar-refractivity contribution < 1.29 is 9.90 Å². The predicted octanol–water partition coefficient (Wildman–Crippen LogP) is 0.892. The molecule has 4 heteroatoms. The topological polar surface area (TPSA) is 52.6 Å². The number of amides is 1. The van der Waals surface area contributed by atoms with E-state index in [2.05, 4.69) is 5.32 Å². The number of aliphatic hydroxyl groups is 1. The van der Waals surface area contributed by atoms with Gasteiger partial charge in [0, 0.05) is 12.6 Å². The first-order valence-corrected chi connectivity index (χ1v) is 6.97. The monoisotopic (exact) mass is 240 g/mol. The Labute approximate surface area is 103 Å². The molecule has 4 nitrogen and oxygen atoms in total. The number of aliphatic hydroxyl groups excluding tert-OH is 1. The van der Waals surface area contributed by atoms with Crippen LogP contribution in [-0.4, -0.2) is 47.7 Å². The summed E-state index contributed by atoms with van der Waals surface area (Å²) in [7, 11) is 0. The SMILES string of the molecule is O=C([C@H]1CCCCN1)N(CCO)C1CCCC1. The molecule has 1 saturated heterocycles. The van der Waals surface area contributed by atoms with E-state index < -0.39 is 0 Å². The summed E-state index contributed by atoms with van der Waals surface area (Å²) in [6, 6.07) is 0.370. The van der Waals surface area contributed by atoms with E-state index >= 15 is 0 Å². The third-order valence-electron chi connectivity index (χ3n) is 4.00. The fourth-order valence-electron chi connectivity index (χ4n) is 3.06. The van der Waals surface area contributed by atoms with Crippen molar-refractivity contribution in [2.75, 3.05) is 19.7 Å². The largest absolute Gasteiger partial charge is 0.395 e. The van der Waals surface area contributed by atoms with Gasteiger partial charge in [0.2, 0.25) is 5.91 Å². The van der Waals surface area contributed by atoms with Crippen LogP contribution >= 0.6 is 0 Å². The average molecular weight is 240 g/mol. The number of carbonyl (C=O) groups excluding carboxylic acids is 1. The Hall–Kier alpha value is -0.610. The van der Waals surface area contributed by atoms with E-state index in [1.165, 1.54) is 19.3 Å². The molecular formula is C13H24N2O2. The Kier molecular flexibility index (Phi) is 4.80. The van der Waals surface area contributed by atoms with Gasteiger partial charge in [0.15, 0.2) is 0 Å². The smallest absolute Gasteiger partial charge is 0.240 e. The van der Waals surface area contributed by atoms with Gasteiger partial charge >= 0.3 is 0 Å². The average Bonchev–Trinajstić information content (AvgIpc) is 2.90. The summed E-state index contributed by atoms with van der Waals surface area (Å²) in [6.45, 7) is 1.53. The maximum absolute atomic E-state index is 12.4. The third kappa shape index (κ3) is 3.19. The minimum atomic E-state index is -0.00380. The van der Waals surface area contributed by atoms with Crippen molar-refractivity contribution >= 4 is 5.91 Å². The van der Waals surface area contributed by atoms with Gasteiger partial charge in [-0.1, -0.05) is 19.3 Å². The molecule has 98 valence electrons. The van der Waals surface area contributed by atoms with Gasteiger partial charge in [-0.25, -0.2) is 0 Å². The first-order valence-electron chi connectivity index (χ1n) is 6.97. The highest BCUT2D eigenvalue weighted by atomic mass is 16.3. The summed E-state index contributed by atoms with van der Waals surface area (Å²) in [6.07, 6.45) is 7.93. The number of rotatable bonds is 4. The zero-order valence-corrected chi connectivity index (χ0v) is 10.5. The van der Waals surface area contributed by atoms with Crippen molar-refractivity contribution in [1.82, 2.24) is 10.2 Å². The molecule has 1 aliphatic heterocycles. The van der Waals surface area contributed by atoms with E-state index in [-0.39, 0.29) is 18.6 Å². The lowest BCUT2D eigenvalue weighted by molar-refractivity contribution is -0.136. The minimum absolute atomic E-state index is 0.00380. The summed E-state index contributed by atoms with van der Waals surface area (Å²) in [4.78, 5) is 14.4. The molecule has 0 spiro atoms. The first kappa shape index (κ1) is 12.8. The second-order valence-corrected chi connectivity index (χ2v) is 5.20. The number of nitrogens with one attached hydrogen (secondary N) is 1. The fraction of sp³-hybridized carbons (Fsp3) is 0.923. The van der Waals surface area contributed by atoms with Crippen LogP contribution in [0.1, 0.15) is 44.9 Å². The zero-order chi connectivity index (χ0) is 12.1. The van der Waals surface area contributed by atoms with Crippen LogP contribution in [0.2, 0.25) is 0 Å². The van der Waals surface area contributed by atoms with Crippen molar-refractivity contribution in [3.8, 4) is 0 Å². The highest BCUT2D eigenvalue weighted by Crippen LogP contribution is 2.24. The molecule has 0 radical (unpaired) electrons. The molecule has 1 amide bonds. The van der Waals surface area contributed by atoms with Gasteiger partial charge in [-0.15, -0.1) is 0 Å². The van der Waals surface area contributed by atoms with Crippen molar-refractivity contribution in [1.29, 1.82) is 0 Å². The van der Waals surface area contributed by atoms with E-state index in [0.717, 1.165) is 32.2 Å². The Morgan fingerprint density at radius 3 is 2.47 bits per heavy atom. The van der Waals surface area contributed by atoms with Crippen LogP contribution in [0.3, 0.4) is 0 Å². The normalized spacial score (nSPS) is 26.1. The molecule has 0 aromatic heterocycles. The summed E-state index contributed by atoms with van der Waals surface area (Å²) >= 11 is 0. The maximum Gasteiger partial charge on any atom is 0.240 e. The molecule has 1 atom stereocenters. The number of carbonyl (C=O) groups is 1. The van der Waals surface area contributed by atoms with Gasteiger partial charge < -0.3 is 15.3 Å². The molecule has 1 aliphatic carbocycles. The Morgan fingerprint density at radius 2 is 1.88 bits per heavy atom. The molecule has 0 aromatic carbocycles. The molecule has 0 unspecified atom stereocenters. The second kappa shape index (κ2) is 6.36. The summed E-state index contributed by atoms with van der Waals surface area (Å²) in [5.74, 6) is 0.214. The van der Waals surface area contributed by atoms with Crippen LogP contribution in [0.15, 0.2) is 0 Å². The highest BCUT2D eigenvalue weighted by molar-refractivity contribution is 5.82. The molecule has 17 heavy (non-hydrogen) atoms. The van der Waals surface area contributed by atoms with Gasteiger partial charge in [0.05, 0.1) is 12.6 Å². The molecule has 1 saturated carbocycles. The van der Waals surface area contributed by atoms with Gasteiger partial charge in [-0.2, -0.15) is 0 Å². The van der Waals surface area contributed by atoms with E-state index in [4.69, 9.17) is 5.11 Å². The van der Waals surface area contributed by atoms with Gasteiger partial charge in [-0.05, 0) is 32.2 Å². The highest BCUT2D eigenvalue weighted by Gasteiger charge is 2.31. The van der Waals surface area contributed by atoms with Gasteiger partial charge in [-0.3, -0.25) is 4.79 Å². The fourth-order valence-corrected chi connectivity index (χ4v) is 3.06. The number of nitrogens with zero attached hydrogens (tertiary/aromatic N) is 1. The van der Waals surface area contributed by atoms with Crippen LogP contribution in [0.25, 0.3) is 0 Å². The van der Waals surface area contributed by atoms with Gasteiger partial charge in [0.1, 0.15) is 0 Å². The van der Waals surface area contributed by atoms with Crippen LogP contribution in [-0.2, 0) is 4.79 Å². The molecule has 2 rings (SSSR count). The quantitative estimate of drug-likeness (QED) is 0.767. The maximum atomic E-state index is 12.4. The number of piperidine rings is 1. The molecular weight excluding hydrogens is 216 g/mol. The lowest BCUT2D eigenvalue weighted by Crippen LogP contribution is -2.52. The van der Waals surface area contributed by atoms with Crippen LogP contribution in [0.5, 0.6) is 0 Å². The molecule has 2 aliphatic rings. The summed E-state index contributed by atoms with van der Waals surface area (Å²) < 4.78 is 0. The van der Waals surface area contributed by atoms with Crippen LogP contribution in [0, 0.1) is 0 Å². The zero-order valence-electron chi connectivity index (χ0n) is 10.5. The summed E-state index contributed by atoms with van der Waals surface area (Å²) in [5, 5.41) is 12.4. The van der Waals surface area contributed by atoms with Crippen molar-refractivity contribution in [3.05, 3.63) is 0 Å². The summed E-state index contributed by atoms with van der Waals surface area (Å²) in [5.41, 5.74) is 0. The van der Waals surface area contributed by atoms with E-state index in [1.54, 1.807) is 0 Å². The van der Waals surface area contributed by atoms with Gasteiger partial charge in [0.25, 0.3) is 0 Å². The van der Waals surface area contributed by atoms with Crippen molar-refractivity contribution in [2.45, 2.75) is 57.0 Å². The second-order valence-electron chi connectivity index (χ2n) is 5.20. The number of hydrogen-bond donors (Lipinski definition) is 2. The third-order valence-corrected chi connectivity index (χ3v) is 4.00. The predicted molar refractivity (Wildman–Crippen MR) is 66.7 cm³/mol. The van der Waals surface area contributed by atoms with Crippen molar-refractivity contribution in [3.63, 3.8) is 0 Å². The standard InChI is InChI=1S/C13H24N2O2/c16-10-9-15(11-5-1-2-6-11)13(17)12-7-3-4-8-14-12/h11-12,14,16H,1-10H2/t12-/m1/s1. The first-order chi connectivity index (χ1) is 8.33. The van der Waals surface area contributed by atoms with E-state index in [1.807, 2.05) is 4.90 Å². The molecule has 2 N–H and O–H groups in total. The minimum Gasteiger partial charge on any atom is -0.395 e. The Bertz CT molecular complexity index is 246. The molecule has 0 aromatic rings. The number of hydrogen-bond acceptors (Lipinski definition) is 3. The molecule has 0 bridgehead atoms.